The van der Waals surface area contributed by atoms with E-state index in [1.807, 2.05) is 7.05 Å². The Bertz CT molecular complexity index is 516. The molecule has 0 spiro atoms. The fraction of sp³-hybridized carbons (Fsp3) is 0.333. The van der Waals surface area contributed by atoms with Crippen molar-refractivity contribution in [2.24, 2.45) is 0 Å². The van der Waals surface area contributed by atoms with Gasteiger partial charge in [-0.05, 0) is 18.4 Å². The number of nitrogens with zero attached hydrogens (tertiary/aromatic N) is 3. The van der Waals surface area contributed by atoms with E-state index >= 15 is 0 Å². The quantitative estimate of drug-likeness (QED) is 0.857. The maximum atomic E-state index is 6.05. The Balaban J connectivity index is 2.14. The number of halogens is 2. The van der Waals surface area contributed by atoms with Crippen LogP contribution in [0.2, 0.25) is 10.3 Å². The van der Waals surface area contributed by atoms with Crippen molar-refractivity contribution >= 4 is 40.2 Å². The molecule has 0 aliphatic rings. The Morgan fingerprint density at radius 3 is 2.83 bits per heavy atom. The second-order valence-electron chi connectivity index (χ2n) is 4.09. The van der Waals surface area contributed by atoms with Gasteiger partial charge in [-0.15, -0.1) is 21.5 Å². The van der Waals surface area contributed by atoms with Gasteiger partial charge in [-0.1, -0.05) is 29.3 Å². The summed E-state index contributed by atoms with van der Waals surface area (Å²) < 4.78 is 0. The summed E-state index contributed by atoms with van der Waals surface area (Å²) in [6, 6.07) is 6.24. The van der Waals surface area contributed by atoms with E-state index in [9.17, 15) is 0 Å². The number of likely N-dealkylation sites (N-methyl/N-ethyl adjacent to an activating group) is 1. The lowest BCUT2D eigenvalue weighted by molar-refractivity contribution is 0.686. The fourth-order valence-corrected chi connectivity index (χ4v) is 2.88. The zero-order valence-corrected chi connectivity index (χ0v) is 12.4. The lowest BCUT2D eigenvalue weighted by Gasteiger charge is -2.27. The van der Waals surface area contributed by atoms with Crippen LogP contribution in [-0.2, 0) is 6.42 Å². The Hall–Kier alpha value is -0.840. The lowest BCUT2D eigenvalue weighted by Crippen LogP contribution is -2.30. The van der Waals surface area contributed by atoms with Gasteiger partial charge >= 0.3 is 0 Å². The molecule has 2 rings (SSSR count). The minimum absolute atomic E-state index is 0.307. The summed E-state index contributed by atoms with van der Waals surface area (Å²) in [6.07, 6.45) is 0.963. The minimum Gasteiger partial charge on any atom is -0.369 e. The van der Waals surface area contributed by atoms with Gasteiger partial charge in [0.15, 0.2) is 10.3 Å². The highest BCUT2D eigenvalue weighted by Gasteiger charge is 2.15. The van der Waals surface area contributed by atoms with Crippen LogP contribution < -0.4 is 4.90 Å². The van der Waals surface area contributed by atoms with E-state index in [1.165, 1.54) is 4.88 Å². The molecule has 0 aliphatic heterocycles. The van der Waals surface area contributed by atoms with E-state index in [2.05, 4.69) is 39.5 Å². The molecule has 2 heterocycles. The van der Waals surface area contributed by atoms with Gasteiger partial charge in [0, 0.05) is 30.5 Å². The van der Waals surface area contributed by atoms with Gasteiger partial charge in [0.1, 0.15) is 0 Å². The van der Waals surface area contributed by atoms with Crippen LogP contribution in [0.15, 0.2) is 23.6 Å². The third kappa shape index (κ3) is 3.13. The average molecular weight is 302 g/mol. The number of hydrogen-bond donors (Lipinski definition) is 0. The molecule has 18 heavy (non-hydrogen) atoms. The molecule has 6 heteroatoms. The van der Waals surface area contributed by atoms with Crippen molar-refractivity contribution in [1.29, 1.82) is 0 Å². The Morgan fingerprint density at radius 2 is 2.17 bits per heavy atom. The first-order valence-electron chi connectivity index (χ1n) is 5.52. The number of anilines is 1. The van der Waals surface area contributed by atoms with E-state index < -0.39 is 0 Å². The standard InChI is InChI=1S/C12H13Cl2N3S/c1-8(6-9-4-3-5-18-9)17(2)10-7-11(13)15-16-12(10)14/h3-5,7-8H,6H2,1-2H3. The van der Waals surface area contributed by atoms with Gasteiger partial charge in [0.25, 0.3) is 0 Å². The minimum atomic E-state index is 0.307. The molecule has 2 aromatic rings. The molecule has 0 aromatic carbocycles. The Morgan fingerprint density at radius 1 is 1.39 bits per heavy atom. The maximum absolute atomic E-state index is 6.05. The van der Waals surface area contributed by atoms with Crippen LogP contribution in [0.3, 0.4) is 0 Å². The molecule has 0 aliphatic carbocycles. The topological polar surface area (TPSA) is 29.0 Å². The summed E-state index contributed by atoms with van der Waals surface area (Å²) in [5.74, 6) is 0. The van der Waals surface area contributed by atoms with Crippen molar-refractivity contribution in [2.45, 2.75) is 19.4 Å². The summed E-state index contributed by atoms with van der Waals surface area (Å²) in [7, 11) is 1.98. The summed E-state index contributed by atoms with van der Waals surface area (Å²) in [4.78, 5) is 3.42. The molecule has 0 fully saturated rings. The van der Waals surface area contributed by atoms with Crippen LogP contribution in [-0.4, -0.2) is 23.3 Å². The van der Waals surface area contributed by atoms with Crippen LogP contribution in [0.4, 0.5) is 5.69 Å². The molecule has 0 bridgehead atoms. The van der Waals surface area contributed by atoms with Crippen LogP contribution >= 0.6 is 34.5 Å². The SMILES string of the molecule is CC(Cc1cccs1)N(C)c1cc(Cl)nnc1Cl. The van der Waals surface area contributed by atoms with Crippen molar-refractivity contribution in [1.82, 2.24) is 10.2 Å². The zero-order chi connectivity index (χ0) is 13.1. The first-order chi connectivity index (χ1) is 8.58. The van der Waals surface area contributed by atoms with Gasteiger partial charge in [0.05, 0.1) is 5.69 Å². The van der Waals surface area contributed by atoms with E-state index in [-0.39, 0.29) is 0 Å². The molecule has 0 saturated heterocycles. The molecule has 0 saturated carbocycles. The van der Waals surface area contributed by atoms with E-state index in [4.69, 9.17) is 23.2 Å². The van der Waals surface area contributed by atoms with Crippen LogP contribution in [0, 0.1) is 0 Å². The monoisotopic (exact) mass is 301 g/mol. The second-order valence-corrected chi connectivity index (χ2v) is 5.86. The number of aromatic nitrogens is 2. The molecule has 96 valence electrons. The van der Waals surface area contributed by atoms with Gasteiger partial charge in [-0.25, -0.2) is 0 Å². The maximum Gasteiger partial charge on any atom is 0.175 e. The van der Waals surface area contributed by atoms with Crippen molar-refractivity contribution in [3.8, 4) is 0 Å². The van der Waals surface area contributed by atoms with Crippen molar-refractivity contribution < 1.29 is 0 Å². The number of thiophene rings is 1. The molecule has 1 unspecified atom stereocenters. The van der Waals surface area contributed by atoms with Crippen molar-refractivity contribution in [3.05, 3.63) is 38.8 Å². The normalized spacial score (nSPS) is 12.4. The lowest BCUT2D eigenvalue weighted by atomic mass is 10.2. The largest absolute Gasteiger partial charge is 0.369 e. The van der Waals surface area contributed by atoms with Crippen LogP contribution in [0.1, 0.15) is 11.8 Å². The summed E-state index contributed by atoms with van der Waals surface area (Å²) >= 11 is 13.7. The van der Waals surface area contributed by atoms with E-state index in [0.29, 0.717) is 16.3 Å². The van der Waals surface area contributed by atoms with Crippen LogP contribution in [0.25, 0.3) is 0 Å². The first-order valence-corrected chi connectivity index (χ1v) is 7.15. The Kier molecular flexibility index (Phi) is 4.43. The van der Waals surface area contributed by atoms with Gasteiger partial charge in [-0.2, -0.15) is 0 Å². The molecule has 0 amide bonds. The van der Waals surface area contributed by atoms with E-state index in [0.717, 1.165) is 12.1 Å². The Labute approximate surface area is 120 Å². The van der Waals surface area contributed by atoms with Crippen molar-refractivity contribution in [2.75, 3.05) is 11.9 Å². The molecule has 0 N–H and O–H groups in total. The summed E-state index contributed by atoms with van der Waals surface area (Å²) in [5, 5.41) is 10.3. The molecule has 3 nitrogen and oxygen atoms in total. The van der Waals surface area contributed by atoms with Gasteiger partial charge < -0.3 is 4.90 Å². The third-order valence-electron chi connectivity index (χ3n) is 2.82. The van der Waals surface area contributed by atoms with Gasteiger partial charge in [-0.3, -0.25) is 0 Å². The molecule has 0 radical (unpaired) electrons. The number of rotatable bonds is 4. The predicted octanol–water partition coefficient (Wildman–Crippen LogP) is 3.91. The fourth-order valence-electron chi connectivity index (χ4n) is 1.69. The predicted molar refractivity (Wildman–Crippen MR) is 77.9 cm³/mol. The average Bonchev–Trinajstić information content (AvgIpc) is 2.84. The van der Waals surface area contributed by atoms with E-state index in [1.54, 1.807) is 17.4 Å². The highest BCUT2D eigenvalue weighted by molar-refractivity contribution is 7.09. The zero-order valence-electron chi connectivity index (χ0n) is 10.1. The summed E-state index contributed by atoms with van der Waals surface area (Å²) in [6.45, 7) is 2.14. The summed E-state index contributed by atoms with van der Waals surface area (Å²) in [5.41, 5.74) is 0.806. The van der Waals surface area contributed by atoms with Crippen LogP contribution in [0.5, 0.6) is 0 Å². The molecular formula is C12H13Cl2N3S. The highest BCUT2D eigenvalue weighted by atomic mass is 35.5. The molecular weight excluding hydrogens is 289 g/mol. The smallest absolute Gasteiger partial charge is 0.175 e. The second kappa shape index (κ2) is 5.87. The van der Waals surface area contributed by atoms with Gasteiger partial charge in [0.2, 0.25) is 0 Å². The molecule has 1 atom stereocenters. The molecule has 2 aromatic heterocycles. The first kappa shape index (κ1) is 13.6. The third-order valence-corrected chi connectivity index (χ3v) is 4.17. The number of hydrogen-bond acceptors (Lipinski definition) is 4. The highest BCUT2D eigenvalue weighted by Crippen LogP contribution is 2.27. The van der Waals surface area contributed by atoms with Crippen molar-refractivity contribution in [3.63, 3.8) is 0 Å².